The third-order valence-electron chi connectivity index (χ3n) is 3.39. The second kappa shape index (κ2) is 5.14. The van der Waals surface area contributed by atoms with E-state index >= 15 is 0 Å². The Hall–Kier alpha value is -1.66. The zero-order valence-corrected chi connectivity index (χ0v) is 11.1. The molecule has 0 aliphatic carbocycles. The summed E-state index contributed by atoms with van der Waals surface area (Å²) in [5, 5.41) is 20.1. The number of anilines is 1. The van der Waals surface area contributed by atoms with Gasteiger partial charge >= 0.3 is 0 Å². The molecule has 1 saturated heterocycles. The number of ether oxygens (including phenoxy) is 1. The van der Waals surface area contributed by atoms with Gasteiger partial charge in [-0.05, 0) is 26.0 Å². The first-order valence-electron chi connectivity index (χ1n) is 6.19. The van der Waals surface area contributed by atoms with Crippen LogP contribution in [0.3, 0.4) is 0 Å². The normalized spacial score (nSPS) is 18.4. The molecule has 0 aromatic heterocycles. The summed E-state index contributed by atoms with van der Waals surface area (Å²) < 4.78 is 5.46. The van der Waals surface area contributed by atoms with Gasteiger partial charge in [0, 0.05) is 18.3 Å². The van der Waals surface area contributed by atoms with Crippen molar-refractivity contribution >= 4 is 11.4 Å². The van der Waals surface area contributed by atoms with Crippen molar-refractivity contribution in [2.75, 3.05) is 24.7 Å². The molecule has 0 bridgehead atoms. The van der Waals surface area contributed by atoms with E-state index in [1.165, 1.54) is 6.07 Å². The van der Waals surface area contributed by atoms with Crippen LogP contribution in [-0.4, -0.2) is 35.3 Å². The van der Waals surface area contributed by atoms with Gasteiger partial charge in [-0.3, -0.25) is 10.1 Å². The van der Waals surface area contributed by atoms with Gasteiger partial charge in [0.25, 0.3) is 5.69 Å². The Bertz CT molecular complexity index is 488. The molecule has 2 rings (SSSR count). The summed E-state index contributed by atoms with van der Waals surface area (Å²) in [5.74, 6) is 0. The highest BCUT2D eigenvalue weighted by atomic mass is 16.6. The highest BCUT2D eigenvalue weighted by molar-refractivity contribution is 5.57. The smallest absolute Gasteiger partial charge is 0.275 e. The molecule has 0 atom stereocenters. The van der Waals surface area contributed by atoms with E-state index in [2.05, 4.69) is 18.7 Å². The van der Waals surface area contributed by atoms with Crippen LogP contribution in [0.4, 0.5) is 11.4 Å². The maximum absolute atomic E-state index is 10.9. The van der Waals surface area contributed by atoms with Crippen LogP contribution in [0.15, 0.2) is 18.2 Å². The Morgan fingerprint density at radius 1 is 1.53 bits per heavy atom. The van der Waals surface area contributed by atoms with E-state index in [4.69, 9.17) is 4.74 Å². The average Bonchev–Trinajstić information content (AvgIpc) is 2.37. The van der Waals surface area contributed by atoms with Gasteiger partial charge in [-0.15, -0.1) is 0 Å². The number of benzene rings is 1. The van der Waals surface area contributed by atoms with Gasteiger partial charge in [0.2, 0.25) is 0 Å². The highest BCUT2D eigenvalue weighted by Gasteiger charge is 2.31. The molecule has 1 aliphatic heterocycles. The summed E-state index contributed by atoms with van der Waals surface area (Å²) in [7, 11) is 0. The number of aliphatic hydroxyl groups is 1. The first kappa shape index (κ1) is 13.8. The van der Waals surface area contributed by atoms with Crippen molar-refractivity contribution in [2.24, 2.45) is 0 Å². The largest absolute Gasteiger partial charge is 0.391 e. The van der Waals surface area contributed by atoms with Crippen LogP contribution in [0.25, 0.3) is 0 Å². The van der Waals surface area contributed by atoms with Gasteiger partial charge in [-0.25, -0.2) is 0 Å². The van der Waals surface area contributed by atoms with Crippen LogP contribution in [-0.2, 0) is 11.3 Å². The monoisotopic (exact) mass is 266 g/mol. The molecule has 1 heterocycles. The first-order valence-corrected chi connectivity index (χ1v) is 6.19. The zero-order chi connectivity index (χ0) is 14.0. The summed E-state index contributed by atoms with van der Waals surface area (Å²) in [4.78, 5) is 12.5. The summed E-state index contributed by atoms with van der Waals surface area (Å²) in [5.41, 5.74) is 1.01. The van der Waals surface area contributed by atoms with E-state index in [0.717, 1.165) is 12.2 Å². The summed E-state index contributed by atoms with van der Waals surface area (Å²) in [6, 6.07) is 4.86. The predicted octanol–water partition coefficient (Wildman–Crippen LogP) is 1.70. The molecular formula is C13H18N2O4. The molecule has 0 saturated carbocycles. The second-order valence-corrected chi connectivity index (χ2v) is 5.24. The Labute approximate surface area is 111 Å². The van der Waals surface area contributed by atoms with Gasteiger partial charge in [0.1, 0.15) is 0 Å². The van der Waals surface area contributed by atoms with Gasteiger partial charge in [-0.2, -0.15) is 0 Å². The quantitative estimate of drug-likeness (QED) is 0.665. The minimum absolute atomic E-state index is 0.0442. The second-order valence-electron chi connectivity index (χ2n) is 5.24. The molecule has 0 spiro atoms. The van der Waals surface area contributed by atoms with Crippen molar-refractivity contribution in [3.05, 3.63) is 33.9 Å². The van der Waals surface area contributed by atoms with Crippen LogP contribution in [0.1, 0.15) is 19.4 Å². The molecule has 104 valence electrons. The maximum atomic E-state index is 10.9. The van der Waals surface area contributed by atoms with Crippen LogP contribution >= 0.6 is 0 Å². The van der Waals surface area contributed by atoms with Crippen molar-refractivity contribution in [3.8, 4) is 0 Å². The van der Waals surface area contributed by atoms with E-state index in [1.807, 2.05) is 0 Å². The molecule has 19 heavy (non-hydrogen) atoms. The Morgan fingerprint density at radius 3 is 2.84 bits per heavy atom. The number of nitro benzene ring substituents is 1. The zero-order valence-electron chi connectivity index (χ0n) is 11.1. The molecule has 1 aromatic carbocycles. The number of rotatable bonds is 3. The number of nitro groups is 1. The molecule has 0 amide bonds. The van der Waals surface area contributed by atoms with Crippen LogP contribution in [0.5, 0.6) is 0 Å². The average molecular weight is 266 g/mol. The lowest BCUT2D eigenvalue weighted by Gasteiger charge is -2.43. The molecular weight excluding hydrogens is 248 g/mol. The third kappa shape index (κ3) is 2.69. The predicted molar refractivity (Wildman–Crippen MR) is 71.3 cm³/mol. The van der Waals surface area contributed by atoms with Gasteiger partial charge in [0.05, 0.1) is 35.8 Å². The Balaban J connectivity index is 2.37. The molecule has 1 aliphatic rings. The number of nitrogens with zero attached hydrogens (tertiary/aromatic N) is 2. The highest BCUT2D eigenvalue weighted by Crippen LogP contribution is 2.30. The first-order chi connectivity index (χ1) is 8.95. The van der Waals surface area contributed by atoms with Crippen molar-refractivity contribution in [1.82, 2.24) is 0 Å². The minimum atomic E-state index is -0.472. The van der Waals surface area contributed by atoms with Gasteiger partial charge < -0.3 is 14.7 Å². The molecule has 0 radical (unpaired) electrons. The van der Waals surface area contributed by atoms with Crippen LogP contribution < -0.4 is 4.90 Å². The number of hydrogen-bond acceptors (Lipinski definition) is 5. The summed E-state index contributed by atoms with van der Waals surface area (Å²) >= 11 is 0. The lowest BCUT2D eigenvalue weighted by atomic mass is 10.0. The van der Waals surface area contributed by atoms with Gasteiger partial charge in [0.15, 0.2) is 0 Å². The summed E-state index contributed by atoms with van der Waals surface area (Å²) in [6.45, 7) is 5.76. The topological polar surface area (TPSA) is 75.8 Å². The molecule has 1 aromatic rings. The lowest BCUT2D eigenvalue weighted by molar-refractivity contribution is -0.385. The van der Waals surface area contributed by atoms with Crippen molar-refractivity contribution in [1.29, 1.82) is 0 Å². The van der Waals surface area contributed by atoms with Crippen molar-refractivity contribution in [3.63, 3.8) is 0 Å². The standard InChI is InChI=1S/C13H18N2O4/c1-13(2)9-19-6-5-14(13)11-3-4-12(15(17)18)10(7-11)8-16/h3-4,7,16H,5-6,8-9H2,1-2H3. The molecule has 1 fully saturated rings. The van der Waals surface area contributed by atoms with E-state index in [-0.39, 0.29) is 17.8 Å². The molecule has 6 nitrogen and oxygen atoms in total. The van der Waals surface area contributed by atoms with E-state index in [0.29, 0.717) is 18.8 Å². The SMILES string of the molecule is CC1(C)COCCN1c1ccc([N+](=O)[O-])c(CO)c1. The lowest BCUT2D eigenvalue weighted by Crippen LogP contribution is -2.53. The van der Waals surface area contributed by atoms with Gasteiger partial charge in [-0.1, -0.05) is 0 Å². The fourth-order valence-electron chi connectivity index (χ4n) is 2.38. The summed E-state index contributed by atoms with van der Waals surface area (Å²) in [6.07, 6.45) is 0. The molecule has 6 heteroatoms. The van der Waals surface area contributed by atoms with Crippen molar-refractivity contribution < 1.29 is 14.8 Å². The maximum Gasteiger partial charge on any atom is 0.275 e. The van der Waals surface area contributed by atoms with Crippen molar-refractivity contribution in [2.45, 2.75) is 26.0 Å². The minimum Gasteiger partial charge on any atom is -0.391 e. The fourth-order valence-corrected chi connectivity index (χ4v) is 2.38. The van der Waals surface area contributed by atoms with Crippen LogP contribution in [0.2, 0.25) is 0 Å². The van der Waals surface area contributed by atoms with Crippen LogP contribution in [0, 0.1) is 10.1 Å². The number of aliphatic hydroxyl groups excluding tert-OH is 1. The Morgan fingerprint density at radius 2 is 2.26 bits per heavy atom. The van der Waals surface area contributed by atoms with E-state index in [1.54, 1.807) is 12.1 Å². The van der Waals surface area contributed by atoms with E-state index in [9.17, 15) is 15.2 Å². The molecule has 0 unspecified atom stereocenters. The number of hydrogen-bond donors (Lipinski definition) is 1. The fraction of sp³-hybridized carbons (Fsp3) is 0.538. The Kier molecular flexibility index (Phi) is 3.73. The van der Waals surface area contributed by atoms with E-state index < -0.39 is 4.92 Å². The number of morpholine rings is 1. The molecule has 1 N–H and O–H groups in total. The third-order valence-corrected chi connectivity index (χ3v) is 3.39.